The van der Waals surface area contributed by atoms with Crippen molar-refractivity contribution in [2.75, 3.05) is 33.6 Å². The first-order valence-corrected chi connectivity index (χ1v) is 4.65. The summed E-state index contributed by atoms with van der Waals surface area (Å²) in [6, 6.07) is 0.701. The van der Waals surface area contributed by atoms with E-state index < -0.39 is 0 Å². The van der Waals surface area contributed by atoms with Gasteiger partial charge in [-0.2, -0.15) is 0 Å². The van der Waals surface area contributed by atoms with Gasteiger partial charge < -0.3 is 9.47 Å². The Bertz CT molecular complexity index is 119. The molecule has 0 aliphatic carbocycles. The third-order valence-electron chi connectivity index (χ3n) is 2.38. The van der Waals surface area contributed by atoms with E-state index in [0.29, 0.717) is 19.3 Å². The Kier molecular flexibility index (Phi) is 4.58. The average Bonchev–Trinajstić information content (AvgIpc) is 2.46. The second kappa shape index (κ2) is 5.51. The number of hydrogen-bond donors (Lipinski definition) is 0. The van der Waals surface area contributed by atoms with Gasteiger partial charge in [0.2, 0.25) is 0 Å². The van der Waals surface area contributed by atoms with Crippen LogP contribution in [0, 0.1) is 0 Å². The lowest BCUT2D eigenvalue weighted by Gasteiger charge is -2.20. The van der Waals surface area contributed by atoms with Crippen LogP contribution in [0.15, 0.2) is 0 Å². The molecule has 1 atom stereocenters. The maximum Gasteiger partial charge on any atom is 0.0993 e. The van der Waals surface area contributed by atoms with Gasteiger partial charge in [0.25, 0.3) is 0 Å². The molecular formula is C9H19NO2. The highest BCUT2D eigenvalue weighted by Gasteiger charge is 2.19. The van der Waals surface area contributed by atoms with Crippen LogP contribution in [0.5, 0.6) is 0 Å². The van der Waals surface area contributed by atoms with E-state index in [1.807, 2.05) is 0 Å². The molecule has 12 heavy (non-hydrogen) atoms. The fourth-order valence-corrected chi connectivity index (χ4v) is 1.51. The quantitative estimate of drug-likeness (QED) is 0.581. The monoisotopic (exact) mass is 173 g/mol. The van der Waals surface area contributed by atoms with Gasteiger partial charge in [0.15, 0.2) is 0 Å². The molecule has 1 aliphatic heterocycles. The normalized spacial score (nSPS) is 25.0. The van der Waals surface area contributed by atoms with E-state index in [2.05, 4.69) is 11.8 Å². The van der Waals surface area contributed by atoms with E-state index in [1.165, 1.54) is 19.4 Å². The van der Waals surface area contributed by atoms with Crippen molar-refractivity contribution in [2.45, 2.75) is 25.8 Å². The minimum atomic E-state index is 0.697. The summed E-state index contributed by atoms with van der Waals surface area (Å²) in [5.74, 6) is 0. The topological polar surface area (TPSA) is 21.7 Å². The van der Waals surface area contributed by atoms with Crippen molar-refractivity contribution in [1.29, 1.82) is 0 Å². The number of methoxy groups -OCH3 is 1. The van der Waals surface area contributed by atoms with E-state index in [4.69, 9.17) is 9.47 Å². The van der Waals surface area contributed by atoms with E-state index in [9.17, 15) is 0 Å². The minimum absolute atomic E-state index is 0.697. The lowest BCUT2D eigenvalue weighted by atomic mass is 10.2. The summed E-state index contributed by atoms with van der Waals surface area (Å²) < 4.78 is 10.3. The largest absolute Gasteiger partial charge is 0.382 e. The van der Waals surface area contributed by atoms with Crippen molar-refractivity contribution in [2.24, 2.45) is 0 Å². The van der Waals surface area contributed by atoms with Crippen LogP contribution in [0.25, 0.3) is 0 Å². The van der Waals surface area contributed by atoms with Gasteiger partial charge in [0.1, 0.15) is 0 Å². The number of likely N-dealkylation sites (tertiary alicyclic amines) is 1. The zero-order chi connectivity index (χ0) is 8.81. The van der Waals surface area contributed by atoms with Gasteiger partial charge in [-0.1, -0.05) is 0 Å². The van der Waals surface area contributed by atoms with Gasteiger partial charge in [0, 0.05) is 19.7 Å². The summed E-state index contributed by atoms with van der Waals surface area (Å²) >= 11 is 0. The van der Waals surface area contributed by atoms with Crippen molar-refractivity contribution in [3.63, 3.8) is 0 Å². The second-order valence-electron chi connectivity index (χ2n) is 3.33. The number of nitrogens with zero attached hydrogens (tertiary/aromatic N) is 1. The Morgan fingerprint density at radius 3 is 2.83 bits per heavy atom. The molecule has 0 bridgehead atoms. The molecule has 72 valence electrons. The van der Waals surface area contributed by atoms with Gasteiger partial charge in [-0.25, -0.2) is 0 Å². The third kappa shape index (κ3) is 3.09. The van der Waals surface area contributed by atoms with Gasteiger partial charge in [0.05, 0.1) is 19.9 Å². The molecule has 0 radical (unpaired) electrons. The zero-order valence-electron chi connectivity index (χ0n) is 8.08. The third-order valence-corrected chi connectivity index (χ3v) is 2.38. The first-order valence-electron chi connectivity index (χ1n) is 4.65. The number of hydrogen-bond acceptors (Lipinski definition) is 3. The lowest BCUT2D eigenvalue weighted by Crippen LogP contribution is -2.29. The molecule has 0 aromatic rings. The molecule has 1 fully saturated rings. The summed E-state index contributed by atoms with van der Waals surface area (Å²) in [5.41, 5.74) is 0. The second-order valence-corrected chi connectivity index (χ2v) is 3.33. The van der Waals surface area contributed by atoms with Crippen molar-refractivity contribution in [3.05, 3.63) is 0 Å². The fourth-order valence-electron chi connectivity index (χ4n) is 1.51. The lowest BCUT2D eigenvalue weighted by molar-refractivity contribution is 0.000727. The molecule has 3 heteroatoms. The summed E-state index contributed by atoms with van der Waals surface area (Å²) in [4.78, 5) is 2.37. The van der Waals surface area contributed by atoms with Gasteiger partial charge in [-0.15, -0.1) is 0 Å². The number of ether oxygens (including phenoxy) is 2. The Morgan fingerprint density at radius 1 is 1.42 bits per heavy atom. The fraction of sp³-hybridized carbons (Fsp3) is 1.00. The van der Waals surface area contributed by atoms with Gasteiger partial charge in [-0.3, -0.25) is 4.90 Å². The molecule has 1 heterocycles. The van der Waals surface area contributed by atoms with Crippen molar-refractivity contribution < 1.29 is 9.47 Å². The first kappa shape index (κ1) is 9.96. The van der Waals surface area contributed by atoms with Crippen LogP contribution in [0.2, 0.25) is 0 Å². The molecule has 0 saturated carbocycles. The maximum atomic E-state index is 5.43. The number of rotatable bonds is 5. The Hall–Kier alpha value is -0.120. The first-order chi connectivity index (χ1) is 5.84. The SMILES string of the molecule is COCCOCN1CCCC1C. The van der Waals surface area contributed by atoms with Crippen molar-refractivity contribution in [1.82, 2.24) is 4.90 Å². The highest BCUT2D eigenvalue weighted by atomic mass is 16.5. The van der Waals surface area contributed by atoms with Crippen LogP contribution in [-0.2, 0) is 9.47 Å². The van der Waals surface area contributed by atoms with Crippen LogP contribution in [-0.4, -0.2) is 44.5 Å². The molecule has 0 amide bonds. The summed E-state index contributed by atoms with van der Waals surface area (Å²) in [6.07, 6.45) is 2.63. The van der Waals surface area contributed by atoms with Gasteiger partial charge in [-0.05, 0) is 19.8 Å². The molecule has 0 spiro atoms. The predicted octanol–water partition coefficient (Wildman–Crippen LogP) is 1.09. The molecule has 1 rings (SSSR count). The van der Waals surface area contributed by atoms with Crippen LogP contribution < -0.4 is 0 Å². The highest BCUT2D eigenvalue weighted by molar-refractivity contribution is 4.72. The smallest absolute Gasteiger partial charge is 0.0993 e. The van der Waals surface area contributed by atoms with E-state index >= 15 is 0 Å². The molecule has 1 unspecified atom stereocenters. The maximum absolute atomic E-state index is 5.43. The molecule has 0 N–H and O–H groups in total. The molecule has 3 nitrogen and oxygen atoms in total. The van der Waals surface area contributed by atoms with Crippen molar-refractivity contribution in [3.8, 4) is 0 Å². The Labute approximate surface area is 74.6 Å². The molecule has 1 aliphatic rings. The molecule has 1 saturated heterocycles. The molecular weight excluding hydrogens is 154 g/mol. The Balaban J connectivity index is 1.98. The van der Waals surface area contributed by atoms with E-state index in [0.717, 1.165) is 6.73 Å². The molecule has 0 aromatic carbocycles. The van der Waals surface area contributed by atoms with Crippen LogP contribution >= 0.6 is 0 Å². The van der Waals surface area contributed by atoms with Crippen molar-refractivity contribution >= 4 is 0 Å². The zero-order valence-corrected chi connectivity index (χ0v) is 8.08. The van der Waals surface area contributed by atoms with E-state index in [-0.39, 0.29) is 0 Å². The highest BCUT2D eigenvalue weighted by Crippen LogP contribution is 2.15. The van der Waals surface area contributed by atoms with E-state index in [1.54, 1.807) is 7.11 Å². The average molecular weight is 173 g/mol. The van der Waals surface area contributed by atoms with Crippen LogP contribution in [0.1, 0.15) is 19.8 Å². The summed E-state index contributed by atoms with van der Waals surface area (Å²) in [7, 11) is 1.70. The van der Waals surface area contributed by atoms with Crippen LogP contribution in [0.3, 0.4) is 0 Å². The minimum Gasteiger partial charge on any atom is -0.382 e. The summed E-state index contributed by atoms with van der Waals surface area (Å²) in [6.45, 7) is 5.62. The predicted molar refractivity (Wildman–Crippen MR) is 48.1 cm³/mol. The molecule has 0 aromatic heterocycles. The van der Waals surface area contributed by atoms with Gasteiger partial charge >= 0.3 is 0 Å². The van der Waals surface area contributed by atoms with Crippen LogP contribution in [0.4, 0.5) is 0 Å². The Morgan fingerprint density at radius 2 is 2.25 bits per heavy atom. The standard InChI is InChI=1S/C9H19NO2/c1-9-4-3-5-10(9)8-12-7-6-11-2/h9H,3-8H2,1-2H3. The summed E-state index contributed by atoms with van der Waals surface area (Å²) in [5, 5.41) is 0.